The minimum atomic E-state index is 0.616. The summed E-state index contributed by atoms with van der Waals surface area (Å²) >= 11 is 0. The number of nitrogens with zero attached hydrogens (tertiary/aromatic N) is 2. The Morgan fingerprint density at radius 1 is 1.47 bits per heavy atom. The van der Waals surface area contributed by atoms with Crippen molar-refractivity contribution < 1.29 is 4.74 Å². The molecule has 1 fully saturated rings. The first-order chi connectivity index (χ1) is 9.24. The molecule has 108 valence electrons. The second kappa shape index (κ2) is 6.94. The third kappa shape index (κ3) is 3.72. The van der Waals surface area contributed by atoms with E-state index in [-0.39, 0.29) is 0 Å². The van der Waals surface area contributed by atoms with Crippen LogP contribution in [0, 0.1) is 12.8 Å². The Kier molecular flexibility index (Phi) is 5.25. The van der Waals surface area contributed by atoms with Gasteiger partial charge in [0.1, 0.15) is 0 Å². The lowest BCUT2D eigenvalue weighted by atomic mass is 9.84. The van der Waals surface area contributed by atoms with Crippen LogP contribution in [0.1, 0.15) is 50.8 Å². The molecule has 1 saturated carbocycles. The Morgan fingerprint density at radius 2 is 2.32 bits per heavy atom. The van der Waals surface area contributed by atoms with E-state index in [0.717, 1.165) is 24.1 Å². The zero-order valence-electron chi connectivity index (χ0n) is 12.5. The number of methoxy groups -OCH3 is 1. The Bertz CT molecular complexity index is 389. The third-order valence-corrected chi connectivity index (χ3v) is 4.17. The molecule has 2 unspecified atom stereocenters. The average Bonchev–Trinajstić information content (AvgIpc) is 2.80. The molecule has 19 heavy (non-hydrogen) atoms. The number of anilines is 1. The smallest absolute Gasteiger partial charge is 0.203 e. The molecule has 0 spiro atoms. The summed E-state index contributed by atoms with van der Waals surface area (Å²) in [6.07, 6.45) is 8.82. The summed E-state index contributed by atoms with van der Waals surface area (Å²) in [5.74, 6) is 1.89. The predicted molar refractivity (Wildman–Crippen MR) is 78.6 cm³/mol. The monoisotopic (exact) mass is 265 g/mol. The number of hydrogen-bond donors (Lipinski definition) is 1. The fourth-order valence-electron chi connectivity index (χ4n) is 3.08. The molecule has 1 N–H and O–H groups in total. The van der Waals surface area contributed by atoms with E-state index in [4.69, 9.17) is 4.74 Å². The summed E-state index contributed by atoms with van der Waals surface area (Å²) in [5, 5.41) is 3.39. The van der Waals surface area contributed by atoms with E-state index in [1.807, 2.05) is 0 Å². The molecule has 0 amide bonds. The van der Waals surface area contributed by atoms with E-state index in [2.05, 4.69) is 34.9 Å². The molecule has 1 aromatic rings. The number of imidazole rings is 1. The largest absolute Gasteiger partial charge is 0.383 e. The zero-order valence-corrected chi connectivity index (χ0v) is 12.5. The normalized spacial score (nSPS) is 23.5. The van der Waals surface area contributed by atoms with Gasteiger partial charge in [0.15, 0.2) is 0 Å². The minimum Gasteiger partial charge on any atom is -0.383 e. The number of aromatic nitrogens is 2. The molecule has 1 heterocycles. The maximum Gasteiger partial charge on any atom is 0.203 e. The van der Waals surface area contributed by atoms with Gasteiger partial charge in [0.2, 0.25) is 5.95 Å². The quantitative estimate of drug-likeness (QED) is 0.801. The second-order valence-corrected chi connectivity index (χ2v) is 5.63. The number of aryl methyl sites for hydroxylation is 1. The van der Waals surface area contributed by atoms with Crippen LogP contribution in [0.2, 0.25) is 0 Å². The van der Waals surface area contributed by atoms with E-state index in [1.165, 1.54) is 32.1 Å². The summed E-state index contributed by atoms with van der Waals surface area (Å²) in [4.78, 5) is 4.60. The molecule has 1 aliphatic carbocycles. The Morgan fingerprint density at radius 3 is 3.05 bits per heavy atom. The molecular formula is C15H27N3O. The Hall–Kier alpha value is -1.03. The Balaban J connectivity index is 2.05. The summed E-state index contributed by atoms with van der Waals surface area (Å²) < 4.78 is 7.44. The molecule has 0 aromatic carbocycles. The number of ether oxygens (including phenoxy) is 1. The van der Waals surface area contributed by atoms with E-state index >= 15 is 0 Å². The van der Waals surface area contributed by atoms with Crippen molar-refractivity contribution in [3.63, 3.8) is 0 Å². The van der Waals surface area contributed by atoms with Crippen LogP contribution in [-0.4, -0.2) is 29.8 Å². The van der Waals surface area contributed by atoms with Gasteiger partial charge in [0, 0.05) is 25.9 Å². The fourth-order valence-corrected chi connectivity index (χ4v) is 3.08. The van der Waals surface area contributed by atoms with Gasteiger partial charge in [-0.2, -0.15) is 0 Å². The second-order valence-electron chi connectivity index (χ2n) is 5.63. The standard InChI is InChI=1S/C15H27N3O/c1-4-13-6-5-7-14(10-13)18-11-12(2)17-15(18)16-8-9-19-3/h11,13-14H,4-10H2,1-3H3,(H,16,17). The first kappa shape index (κ1) is 14.4. The highest BCUT2D eigenvalue weighted by atomic mass is 16.5. The van der Waals surface area contributed by atoms with Gasteiger partial charge in [-0.1, -0.05) is 26.2 Å². The predicted octanol–water partition coefficient (Wildman–Crippen LogP) is 3.39. The van der Waals surface area contributed by atoms with Gasteiger partial charge in [-0.15, -0.1) is 0 Å². The van der Waals surface area contributed by atoms with Crippen molar-refractivity contribution in [2.24, 2.45) is 5.92 Å². The van der Waals surface area contributed by atoms with Gasteiger partial charge >= 0.3 is 0 Å². The van der Waals surface area contributed by atoms with Gasteiger partial charge < -0.3 is 14.6 Å². The van der Waals surface area contributed by atoms with Crippen LogP contribution >= 0.6 is 0 Å². The number of hydrogen-bond acceptors (Lipinski definition) is 3. The van der Waals surface area contributed by atoms with Crippen LogP contribution in [0.15, 0.2) is 6.20 Å². The molecule has 0 bridgehead atoms. The molecule has 4 heteroatoms. The maximum atomic E-state index is 5.09. The van der Waals surface area contributed by atoms with Crippen LogP contribution in [0.25, 0.3) is 0 Å². The van der Waals surface area contributed by atoms with Crippen molar-refractivity contribution in [1.82, 2.24) is 9.55 Å². The molecule has 4 nitrogen and oxygen atoms in total. The average molecular weight is 265 g/mol. The molecule has 2 atom stereocenters. The topological polar surface area (TPSA) is 39.1 Å². The van der Waals surface area contributed by atoms with Crippen LogP contribution < -0.4 is 5.32 Å². The van der Waals surface area contributed by atoms with Crippen molar-refractivity contribution >= 4 is 5.95 Å². The summed E-state index contributed by atoms with van der Waals surface area (Å²) in [5.41, 5.74) is 1.10. The molecular weight excluding hydrogens is 238 g/mol. The molecule has 2 rings (SSSR count). The zero-order chi connectivity index (χ0) is 13.7. The maximum absolute atomic E-state index is 5.09. The lowest BCUT2D eigenvalue weighted by Crippen LogP contribution is -2.21. The summed E-state index contributed by atoms with van der Waals surface area (Å²) in [6.45, 7) is 5.91. The van der Waals surface area contributed by atoms with Gasteiger partial charge in [-0.3, -0.25) is 0 Å². The summed E-state index contributed by atoms with van der Waals surface area (Å²) in [7, 11) is 1.73. The van der Waals surface area contributed by atoms with Crippen LogP contribution in [0.4, 0.5) is 5.95 Å². The van der Waals surface area contributed by atoms with Crippen LogP contribution in [-0.2, 0) is 4.74 Å². The number of rotatable bonds is 6. The van der Waals surface area contributed by atoms with Crippen molar-refractivity contribution in [3.05, 3.63) is 11.9 Å². The number of nitrogens with one attached hydrogen (secondary N) is 1. The molecule has 0 radical (unpaired) electrons. The first-order valence-corrected chi connectivity index (χ1v) is 7.52. The van der Waals surface area contributed by atoms with E-state index in [0.29, 0.717) is 12.6 Å². The minimum absolute atomic E-state index is 0.616. The van der Waals surface area contributed by atoms with Crippen molar-refractivity contribution in [3.8, 4) is 0 Å². The third-order valence-electron chi connectivity index (χ3n) is 4.17. The molecule has 1 aliphatic rings. The van der Waals surface area contributed by atoms with E-state index in [9.17, 15) is 0 Å². The van der Waals surface area contributed by atoms with Crippen molar-refractivity contribution in [2.75, 3.05) is 25.6 Å². The Labute approximate surface area is 116 Å². The van der Waals surface area contributed by atoms with Crippen LogP contribution in [0.3, 0.4) is 0 Å². The molecule has 0 aliphatic heterocycles. The fraction of sp³-hybridized carbons (Fsp3) is 0.800. The first-order valence-electron chi connectivity index (χ1n) is 7.52. The van der Waals surface area contributed by atoms with Crippen LogP contribution in [0.5, 0.6) is 0 Å². The lowest BCUT2D eigenvalue weighted by Gasteiger charge is -2.30. The van der Waals surface area contributed by atoms with Gasteiger partial charge in [-0.25, -0.2) is 4.98 Å². The highest BCUT2D eigenvalue weighted by molar-refractivity contribution is 5.29. The van der Waals surface area contributed by atoms with Gasteiger partial charge in [-0.05, 0) is 25.7 Å². The molecule has 0 saturated heterocycles. The van der Waals surface area contributed by atoms with E-state index in [1.54, 1.807) is 7.11 Å². The lowest BCUT2D eigenvalue weighted by molar-refractivity contribution is 0.210. The highest BCUT2D eigenvalue weighted by Gasteiger charge is 2.23. The van der Waals surface area contributed by atoms with Gasteiger partial charge in [0.05, 0.1) is 12.3 Å². The SMILES string of the molecule is CCC1CCCC(n2cc(C)nc2NCCOC)C1. The van der Waals surface area contributed by atoms with Crippen molar-refractivity contribution in [1.29, 1.82) is 0 Å². The highest BCUT2D eigenvalue weighted by Crippen LogP contribution is 2.35. The van der Waals surface area contributed by atoms with Gasteiger partial charge in [0.25, 0.3) is 0 Å². The van der Waals surface area contributed by atoms with E-state index < -0.39 is 0 Å². The summed E-state index contributed by atoms with van der Waals surface area (Å²) in [6, 6.07) is 0.616. The molecule has 1 aromatic heterocycles. The van der Waals surface area contributed by atoms with Crippen molar-refractivity contribution in [2.45, 2.75) is 52.0 Å².